The van der Waals surface area contributed by atoms with E-state index in [-0.39, 0.29) is 5.69 Å². The first-order valence-electron chi connectivity index (χ1n) is 6.61. The average molecular weight is 304 g/mol. The fourth-order valence-electron chi connectivity index (χ4n) is 2.77. The fraction of sp³-hybridized carbons (Fsp3) is 0.200. The van der Waals surface area contributed by atoms with Crippen LogP contribution in [0.3, 0.4) is 0 Å². The number of benzene rings is 2. The van der Waals surface area contributed by atoms with Crippen LogP contribution in [0.4, 0.5) is 17.1 Å². The van der Waals surface area contributed by atoms with Crippen molar-refractivity contribution in [2.45, 2.75) is 13.0 Å². The van der Waals surface area contributed by atoms with Crippen LogP contribution >= 0.6 is 11.6 Å². The summed E-state index contributed by atoms with van der Waals surface area (Å²) >= 11 is 5.85. The molecule has 1 aliphatic heterocycles. The molecule has 0 saturated carbocycles. The number of para-hydroxylation sites is 1. The second kappa shape index (κ2) is 5.26. The number of hydrogen-bond donors (Lipinski definition) is 1. The van der Waals surface area contributed by atoms with Gasteiger partial charge in [0.1, 0.15) is 0 Å². The molecular formula is C15H14ClN3O2. The largest absolute Gasteiger partial charge is 0.397 e. The topological polar surface area (TPSA) is 72.4 Å². The molecule has 0 unspecified atom stereocenters. The van der Waals surface area contributed by atoms with Gasteiger partial charge in [0.2, 0.25) is 0 Å². The van der Waals surface area contributed by atoms with Crippen molar-refractivity contribution in [3.8, 4) is 0 Å². The fourth-order valence-corrected chi connectivity index (χ4v) is 2.94. The van der Waals surface area contributed by atoms with Crippen LogP contribution in [-0.2, 0) is 13.0 Å². The second-order valence-electron chi connectivity index (χ2n) is 5.06. The van der Waals surface area contributed by atoms with Crippen LogP contribution in [0, 0.1) is 10.1 Å². The van der Waals surface area contributed by atoms with Gasteiger partial charge in [0, 0.05) is 29.7 Å². The van der Waals surface area contributed by atoms with E-state index < -0.39 is 4.92 Å². The Morgan fingerprint density at radius 1 is 1.33 bits per heavy atom. The Labute approximate surface area is 127 Å². The molecular weight excluding hydrogens is 290 g/mol. The summed E-state index contributed by atoms with van der Waals surface area (Å²) in [5.41, 5.74) is 9.61. The van der Waals surface area contributed by atoms with Gasteiger partial charge in [0.15, 0.2) is 0 Å². The number of hydrogen-bond acceptors (Lipinski definition) is 4. The van der Waals surface area contributed by atoms with Gasteiger partial charge < -0.3 is 10.6 Å². The van der Waals surface area contributed by atoms with Gasteiger partial charge in [-0.15, -0.1) is 0 Å². The van der Waals surface area contributed by atoms with E-state index in [1.807, 2.05) is 18.2 Å². The van der Waals surface area contributed by atoms with Crippen molar-refractivity contribution in [3.05, 3.63) is 62.7 Å². The molecule has 2 N–H and O–H groups in total. The van der Waals surface area contributed by atoms with Crippen LogP contribution in [0.15, 0.2) is 36.4 Å². The molecule has 0 aliphatic carbocycles. The molecule has 0 bridgehead atoms. The smallest absolute Gasteiger partial charge is 0.275 e. The Morgan fingerprint density at radius 2 is 2.14 bits per heavy atom. The van der Waals surface area contributed by atoms with Crippen LogP contribution in [0.2, 0.25) is 5.02 Å². The lowest BCUT2D eigenvalue weighted by Gasteiger charge is -2.21. The average Bonchev–Trinajstić information content (AvgIpc) is 2.85. The normalized spacial score (nSPS) is 13.3. The van der Waals surface area contributed by atoms with E-state index in [4.69, 9.17) is 17.3 Å². The Bertz CT molecular complexity index is 718. The van der Waals surface area contributed by atoms with Crippen LogP contribution in [0.5, 0.6) is 0 Å². The van der Waals surface area contributed by atoms with Crippen molar-refractivity contribution in [1.82, 2.24) is 0 Å². The number of anilines is 2. The molecule has 1 aliphatic rings. The van der Waals surface area contributed by atoms with Crippen molar-refractivity contribution in [2.75, 3.05) is 17.2 Å². The molecule has 108 valence electrons. The lowest BCUT2D eigenvalue weighted by atomic mass is 10.1. The number of nitrogens with zero attached hydrogens (tertiary/aromatic N) is 2. The third-order valence-corrected chi connectivity index (χ3v) is 3.96. The Balaban J connectivity index is 1.95. The van der Waals surface area contributed by atoms with E-state index in [1.165, 1.54) is 11.6 Å². The third-order valence-electron chi connectivity index (χ3n) is 3.72. The predicted molar refractivity (Wildman–Crippen MR) is 83.7 cm³/mol. The number of nitrogens with two attached hydrogens (primary N) is 1. The van der Waals surface area contributed by atoms with Gasteiger partial charge in [-0.2, -0.15) is 0 Å². The Morgan fingerprint density at radius 3 is 2.90 bits per heavy atom. The van der Waals surface area contributed by atoms with Gasteiger partial charge in [-0.25, -0.2) is 0 Å². The molecule has 0 radical (unpaired) electrons. The lowest BCUT2D eigenvalue weighted by Crippen LogP contribution is -2.21. The molecule has 0 atom stereocenters. The zero-order valence-electron chi connectivity index (χ0n) is 11.3. The van der Waals surface area contributed by atoms with E-state index >= 15 is 0 Å². The summed E-state index contributed by atoms with van der Waals surface area (Å²) in [6.45, 7) is 1.26. The minimum Gasteiger partial charge on any atom is -0.397 e. The molecule has 0 amide bonds. The molecule has 3 rings (SSSR count). The molecule has 21 heavy (non-hydrogen) atoms. The Hall–Kier alpha value is -2.27. The number of nitro groups is 1. The van der Waals surface area contributed by atoms with E-state index in [2.05, 4.69) is 4.90 Å². The molecule has 2 aromatic carbocycles. The molecule has 6 heteroatoms. The zero-order valence-corrected chi connectivity index (χ0v) is 12.0. The van der Waals surface area contributed by atoms with Crippen molar-refractivity contribution in [2.24, 2.45) is 0 Å². The van der Waals surface area contributed by atoms with Crippen LogP contribution < -0.4 is 10.6 Å². The van der Waals surface area contributed by atoms with E-state index in [0.29, 0.717) is 22.8 Å². The minimum atomic E-state index is -0.396. The predicted octanol–water partition coefficient (Wildman–Crippen LogP) is 3.39. The van der Waals surface area contributed by atoms with Crippen molar-refractivity contribution in [3.63, 3.8) is 0 Å². The van der Waals surface area contributed by atoms with E-state index in [0.717, 1.165) is 18.7 Å². The highest BCUT2D eigenvalue weighted by Gasteiger charge is 2.24. The summed E-state index contributed by atoms with van der Waals surface area (Å²) in [4.78, 5) is 12.9. The summed E-state index contributed by atoms with van der Waals surface area (Å²) in [6, 6.07) is 10.6. The number of nitrogen functional groups attached to an aromatic ring is 1. The van der Waals surface area contributed by atoms with Crippen molar-refractivity contribution >= 4 is 28.7 Å². The summed E-state index contributed by atoms with van der Waals surface area (Å²) in [7, 11) is 0. The number of halogens is 1. The monoisotopic (exact) mass is 303 g/mol. The van der Waals surface area contributed by atoms with Gasteiger partial charge in [-0.1, -0.05) is 23.7 Å². The van der Waals surface area contributed by atoms with Crippen molar-refractivity contribution in [1.29, 1.82) is 0 Å². The zero-order chi connectivity index (χ0) is 15.0. The summed E-state index contributed by atoms with van der Waals surface area (Å²) < 4.78 is 0. The van der Waals surface area contributed by atoms with Gasteiger partial charge >= 0.3 is 0 Å². The third kappa shape index (κ3) is 2.52. The van der Waals surface area contributed by atoms with Crippen LogP contribution in [0.1, 0.15) is 11.1 Å². The number of rotatable bonds is 3. The van der Waals surface area contributed by atoms with Crippen molar-refractivity contribution < 1.29 is 4.92 Å². The Kier molecular flexibility index (Phi) is 3.43. The van der Waals surface area contributed by atoms with Gasteiger partial charge in [-0.05, 0) is 30.2 Å². The molecule has 5 nitrogen and oxygen atoms in total. The molecule has 0 fully saturated rings. The summed E-state index contributed by atoms with van der Waals surface area (Å²) in [5.74, 6) is 0. The highest BCUT2D eigenvalue weighted by molar-refractivity contribution is 6.30. The van der Waals surface area contributed by atoms with Gasteiger partial charge in [0.05, 0.1) is 16.3 Å². The molecule has 2 aromatic rings. The maximum Gasteiger partial charge on any atom is 0.275 e. The van der Waals surface area contributed by atoms with E-state index in [1.54, 1.807) is 12.1 Å². The first-order valence-corrected chi connectivity index (χ1v) is 6.99. The van der Waals surface area contributed by atoms with Crippen LogP contribution in [-0.4, -0.2) is 11.5 Å². The summed E-state index contributed by atoms with van der Waals surface area (Å²) in [5, 5.41) is 11.5. The molecule has 0 saturated heterocycles. The standard InChI is InChI=1S/C15H14ClN3O2/c16-12-5-4-11(14(8-12)19(20)21)9-18-7-6-10-2-1-3-13(17)15(10)18/h1-5,8H,6-7,9,17H2. The SMILES string of the molecule is Nc1cccc2c1N(Cc1ccc(Cl)cc1[N+](=O)[O-])CC2. The quantitative estimate of drug-likeness (QED) is 0.536. The number of nitro benzene ring substituents is 1. The number of fused-ring (bicyclic) bond motifs is 1. The van der Waals surface area contributed by atoms with Gasteiger partial charge in [0.25, 0.3) is 5.69 Å². The maximum absolute atomic E-state index is 11.2. The molecule has 0 aromatic heterocycles. The highest BCUT2D eigenvalue weighted by atomic mass is 35.5. The van der Waals surface area contributed by atoms with E-state index in [9.17, 15) is 10.1 Å². The van der Waals surface area contributed by atoms with Gasteiger partial charge in [-0.3, -0.25) is 10.1 Å². The highest BCUT2D eigenvalue weighted by Crippen LogP contribution is 2.36. The molecule has 1 heterocycles. The maximum atomic E-state index is 11.2. The first-order chi connectivity index (χ1) is 10.1. The molecule has 0 spiro atoms. The lowest BCUT2D eigenvalue weighted by molar-refractivity contribution is -0.385. The second-order valence-corrected chi connectivity index (χ2v) is 5.49. The summed E-state index contributed by atoms with van der Waals surface area (Å²) in [6.07, 6.45) is 0.905. The minimum absolute atomic E-state index is 0.0467. The van der Waals surface area contributed by atoms with Crippen LogP contribution in [0.25, 0.3) is 0 Å². The first kappa shape index (κ1) is 13.7.